The van der Waals surface area contributed by atoms with Crippen LogP contribution in [0.15, 0.2) is 41.2 Å². The number of furan rings is 1. The summed E-state index contributed by atoms with van der Waals surface area (Å²) in [6.07, 6.45) is 3.64. The van der Waals surface area contributed by atoms with Gasteiger partial charge in [-0.2, -0.15) is 0 Å². The van der Waals surface area contributed by atoms with E-state index in [1.165, 1.54) is 12.5 Å². The van der Waals surface area contributed by atoms with Crippen molar-refractivity contribution in [1.82, 2.24) is 5.32 Å². The van der Waals surface area contributed by atoms with Gasteiger partial charge in [-0.3, -0.25) is 4.79 Å². The fraction of sp³-hybridized carbons (Fsp3) is 0.214. The molecule has 1 aliphatic rings. The molecule has 3 rings (SSSR count). The predicted octanol–water partition coefficient (Wildman–Crippen LogP) is 1.98. The second-order valence-electron chi connectivity index (χ2n) is 4.21. The summed E-state index contributed by atoms with van der Waals surface area (Å²) in [6.45, 7) is 0.833. The van der Waals surface area contributed by atoms with Gasteiger partial charge in [0.25, 0.3) is 5.91 Å². The minimum Gasteiger partial charge on any atom is -0.472 e. The Balaban J connectivity index is 1.54. The number of ether oxygens (including phenoxy) is 2. The van der Waals surface area contributed by atoms with E-state index in [1.54, 1.807) is 6.07 Å². The molecular formula is C14H13NO4. The predicted molar refractivity (Wildman–Crippen MR) is 67.3 cm³/mol. The summed E-state index contributed by atoms with van der Waals surface area (Å²) in [5.74, 6) is 1.40. The molecule has 2 heterocycles. The molecule has 5 nitrogen and oxygen atoms in total. The number of carbonyl (C=O) groups is 1. The summed E-state index contributed by atoms with van der Waals surface area (Å²) >= 11 is 0. The quantitative estimate of drug-likeness (QED) is 0.912. The summed E-state index contributed by atoms with van der Waals surface area (Å²) in [5, 5.41) is 2.83. The number of hydrogen-bond donors (Lipinski definition) is 1. The van der Waals surface area contributed by atoms with Crippen LogP contribution in [0, 0.1) is 0 Å². The molecule has 1 aliphatic heterocycles. The maximum absolute atomic E-state index is 11.7. The van der Waals surface area contributed by atoms with Crippen LogP contribution >= 0.6 is 0 Å². The van der Waals surface area contributed by atoms with Crippen molar-refractivity contribution >= 4 is 5.91 Å². The van der Waals surface area contributed by atoms with Gasteiger partial charge in [-0.05, 0) is 30.2 Å². The lowest BCUT2D eigenvalue weighted by Crippen LogP contribution is -2.25. The topological polar surface area (TPSA) is 60.7 Å². The van der Waals surface area contributed by atoms with E-state index in [2.05, 4.69) is 5.32 Å². The summed E-state index contributed by atoms with van der Waals surface area (Å²) in [4.78, 5) is 11.7. The van der Waals surface area contributed by atoms with E-state index < -0.39 is 0 Å². The lowest BCUT2D eigenvalue weighted by atomic mass is 10.1. The van der Waals surface area contributed by atoms with Crippen LogP contribution in [0.25, 0.3) is 0 Å². The average Bonchev–Trinajstić information content (AvgIpc) is 3.09. The SMILES string of the molecule is O=C(NCCc1ccc2c(c1)OCO2)c1ccoc1. The number of rotatable bonds is 4. The Labute approximate surface area is 110 Å². The molecule has 1 aromatic heterocycles. The normalized spacial score (nSPS) is 12.4. The van der Waals surface area contributed by atoms with E-state index in [4.69, 9.17) is 13.9 Å². The molecule has 1 aromatic carbocycles. The summed E-state index contributed by atoms with van der Waals surface area (Å²) in [7, 11) is 0. The highest BCUT2D eigenvalue weighted by molar-refractivity contribution is 5.93. The molecule has 0 aliphatic carbocycles. The smallest absolute Gasteiger partial charge is 0.254 e. The minimum absolute atomic E-state index is 0.130. The van der Waals surface area contributed by atoms with Crippen molar-refractivity contribution in [3.63, 3.8) is 0 Å². The third-order valence-corrected chi connectivity index (χ3v) is 2.92. The molecule has 0 saturated carbocycles. The van der Waals surface area contributed by atoms with E-state index in [1.807, 2.05) is 18.2 Å². The third-order valence-electron chi connectivity index (χ3n) is 2.92. The van der Waals surface area contributed by atoms with Crippen LogP contribution in [0.1, 0.15) is 15.9 Å². The number of carbonyl (C=O) groups excluding carboxylic acids is 1. The molecule has 5 heteroatoms. The summed E-state index contributed by atoms with van der Waals surface area (Å²) < 4.78 is 15.4. The number of benzene rings is 1. The van der Waals surface area contributed by atoms with Crippen molar-refractivity contribution in [3.05, 3.63) is 47.9 Å². The van der Waals surface area contributed by atoms with Gasteiger partial charge in [0.15, 0.2) is 11.5 Å². The van der Waals surface area contributed by atoms with Crippen LogP contribution in [0.2, 0.25) is 0 Å². The highest BCUT2D eigenvalue weighted by Crippen LogP contribution is 2.32. The molecule has 0 bridgehead atoms. The zero-order valence-electron chi connectivity index (χ0n) is 10.2. The van der Waals surface area contributed by atoms with Crippen molar-refractivity contribution in [3.8, 4) is 11.5 Å². The highest BCUT2D eigenvalue weighted by Gasteiger charge is 2.13. The van der Waals surface area contributed by atoms with E-state index in [9.17, 15) is 4.79 Å². The number of amides is 1. The first kappa shape index (κ1) is 11.6. The van der Waals surface area contributed by atoms with Crippen molar-refractivity contribution in [2.75, 3.05) is 13.3 Å². The molecule has 0 unspecified atom stereocenters. The minimum atomic E-state index is -0.130. The van der Waals surface area contributed by atoms with Gasteiger partial charge in [0, 0.05) is 6.54 Å². The van der Waals surface area contributed by atoms with E-state index in [0.717, 1.165) is 23.5 Å². The lowest BCUT2D eigenvalue weighted by molar-refractivity contribution is 0.0953. The fourth-order valence-corrected chi connectivity index (χ4v) is 1.91. The molecule has 0 spiro atoms. The van der Waals surface area contributed by atoms with Crippen LogP contribution in [0.3, 0.4) is 0 Å². The molecule has 0 radical (unpaired) electrons. The highest BCUT2D eigenvalue weighted by atomic mass is 16.7. The van der Waals surface area contributed by atoms with Crippen LogP contribution < -0.4 is 14.8 Å². The Hall–Kier alpha value is -2.43. The van der Waals surface area contributed by atoms with E-state index in [-0.39, 0.29) is 12.7 Å². The van der Waals surface area contributed by atoms with Crippen LogP contribution in [-0.2, 0) is 6.42 Å². The molecule has 98 valence electrons. The number of nitrogens with one attached hydrogen (secondary N) is 1. The van der Waals surface area contributed by atoms with Crippen molar-refractivity contribution in [2.45, 2.75) is 6.42 Å². The first-order valence-electron chi connectivity index (χ1n) is 6.02. The fourth-order valence-electron chi connectivity index (χ4n) is 1.91. The zero-order valence-corrected chi connectivity index (χ0v) is 10.2. The maximum atomic E-state index is 11.7. The van der Waals surface area contributed by atoms with Gasteiger partial charge in [-0.1, -0.05) is 6.07 Å². The van der Waals surface area contributed by atoms with Crippen molar-refractivity contribution in [2.24, 2.45) is 0 Å². The Morgan fingerprint density at radius 3 is 2.95 bits per heavy atom. The standard InChI is InChI=1S/C14H13NO4/c16-14(11-4-6-17-8-11)15-5-3-10-1-2-12-13(7-10)19-9-18-12/h1-2,4,6-8H,3,5,9H2,(H,15,16). The van der Waals surface area contributed by atoms with Gasteiger partial charge >= 0.3 is 0 Å². The number of hydrogen-bond acceptors (Lipinski definition) is 4. The molecule has 0 saturated heterocycles. The zero-order chi connectivity index (χ0) is 13.1. The Morgan fingerprint density at radius 1 is 1.21 bits per heavy atom. The Bertz CT molecular complexity index is 577. The maximum Gasteiger partial charge on any atom is 0.254 e. The molecule has 19 heavy (non-hydrogen) atoms. The van der Waals surface area contributed by atoms with Gasteiger partial charge in [-0.15, -0.1) is 0 Å². The van der Waals surface area contributed by atoms with E-state index in [0.29, 0.717) is 12.1 Å². The molecule has 0 atom stereocenters. The Kier molecular flexibility index (Phi) is 3.10. The largest absolute Gasteiger partial charge is 0.472 e. The second-order valence-corrected chi connectivity index (χ2v) is 4.21. The molecule has 0 fully saturated rings. The van der Waals surface area contributed by atoms with Crippen LogP contribution in [0.4, 0.5) is 0 Å². The lowest BCUT2D eigenvalue weighted by Gasteiger charge is -2.05. The van der Waals surface area contributed by atoms with Gasteiger partial charge < -0.3 is 19.2 Å². The monoisotopic (exact) mass is 259 g/mol. The molecule has 2 aromatic rings. The van der Waals surface area contributed by atoms with Crippen LogP contribution in [0.5, 0.6) is 11.5 Å². The first-order chi connectivity index (χ1) is 9.33. The average molecular weight is 259 g/mol. The van der Waals surface area contributed by atoms with Crippen molar-refractivity contribution in [1.29, 1.82) is 0 Å². The van der Waals surface area contributed by atoms with Gasteiger partial charge in [0.2, 0.25) is 6.79 Å². The molecular weight excluding hydrogens is 246 g/mol. The van der Waals surface area contributed by atoms with Crippen molar-refractivity contribution < 1.29 is 18.7 Å². The Morgan fingerprint density at radius 2 is 2.11 bits per heavy atom. The van der Waals surface area contributed by atoms with Gasteiger partial charge in [-0.25, -0.2) is 0 Å². The number of fused-ring (bicyclic) bond motifs is 1. The van der Waals surface area contributed by atoms with E-state index >= 15 is 0 Å². The summed E-state index contributed by atoms with van der Waals surface area (Å²) in [5.41, 5.74) is 1.63. The second kappa shape index (κ2) is 5.06. The van der Waals surface area contributed by atoms with Crippen LogP contribution in [-0.4, -0.2) is 19.2 Å². The summed E-state index contributed by atoms with van der Waals surface area (Å²) in [6, 6.07) is 7.43. The molecule has 1 amide bonds. The molecule has 1 N–H and O–H groups in total. The van der Waals surface area contributed by atoms with Gasteiger partial charge in [0.1, 0.15) is 6.26 Å². The van der Waals surface area contributed by atoms with Gasteiger partial charge in [0.05, 0.1) is 11.8 Å². The first-order valence-corrected chi connectivity index (χ1v) is 6.02. The third kappa shape index (κ3) is 2.54.